The summed E-state index contributed by atoms with van der Waals surface area (Å²) in [4.78, 5) is 25.8. The Labute approximate surface area is 257 Å². The number of aliphatic hydroxyl groups is 1. The van der Waals surface area contributed by atoms with Gasteiger partial charge in [-0.05, 0) is 43.0 Å². The van der Waals surface area contributed by atoms with Crippen LogP contribution in [0.5, 0.6) is 0 Å². The first-order chi connectivity index (χ1) is 21.3. The predicted molar refractivity (Wildman–Crippen MR) is 173 cm³/mol. The normalized spacial score (nSPS) is 11.5. The molecule has 0 spiro atoms. The largest absolute Gasteiger partial charge is 0.396 e. The lowest BCUT2D eigenvalue weighted by Crippen LogP contribution is -2.30. The lowest BCUT2D eigenvalue weighted by atomic mass is 10.0. The molecule has 4 aromatic carbocycles. The van der Waals surface area contributed by atoms with Crippen molar-refractivity contribution in [3.8, 4) is 22.4 Å². The molecule has 0 aliphatic rings. The monoisotopic (exact) mass is 609 g/mol. The number of fused-ring (bicyclic) bond motifs is 1. The van der Waals surface area contributed by atoms with Crippen LogP contribution in [0.3, 0.4) is 0 Å². The van der Waals surface area contributed by atoms with Crippen molar-refractivity contribution in [1.82, 2.24) is 14.5 Å². The molecule has 2 N–H and O–H groups in total. The van der Waals surface area contributed by atoms with Gasteiger partial charge in [0.1, 0.15) is 0 Å². The smallest absolute Gasteiger partial charge is 0.274 e. The number of unbranched alkanes of at least 4 members (excludes halogenated alkanes) is 3. The summed E-state index contributed by atoms with van der Waals surface area (Å²) in [5.41, 5.74) is 4.53. The van der Waals surface area contributed by atoms with Gasteiger partial charge in [0, 0.05) is 29.5 Å². The summed E-state index contributed by atoms with van der Waals surface area (Å²) in [5, 5.41) is 15.0. The number of benzene rings is 4. The Kier molecular flexibility index (Phi) is 9.67. The molecule has 44 heavy (non-hydrogen) atoms. The molecule has 5 rings (SSSR count). The van der Waals surface area contributed by atoms with Gasteiger partial charge in [-0.15, -0.1) is 0 Å². The van der Waals surface area contributed by atoms with Crippen LogP contribution in [-0.4, -0.2) is 35.8 Å². The van der Waals surface area contributed by atoms with E-state index in [0.717, 1.165) is 40.6 Å². The van der Waals surface area contributed by atoms with Gasteiger partial charge in [0.25, 0.3) is 15.6 Å². The Morgan fingerprint density at radius 3 is 2.16 bits per heavy atom. The molecule has 0 saturated carbocycles. The Morgan fingerprint density at radius 1 is 0.795 bits per heavy atom. The fourth-order valence-electron chi connectivity index (χ4n) is 5.18. The number of aliphatic hydroxyl groups excluding tert-OH is 1. The number of nitrogens with one attached hydrogen (secondary N) is 1. The van der Waals surface area contributed by atoms with Crippen LogP contribution in [0.1, 0.15) is 43.2 Å². The standard InChI is InChI=1S/C35H35N3O5S/c1-25-15-19-28(20-16-25)34-30-11-5-6-12-31(30)35(41)38(36-34)24-26-17-21-27(22-18-26)29-10-7-8-13-32(29)44(42,43)37-33(40)14-4-2-3-9-23-39/h5-8,10-13,15-22,39H,2-4,9,14,23-24H2,1H3,(H,37,40). The van der Waals surface area contributed by atoms with Crippen LogP contribution in [0.15, 0.2) is 107 Å². The molecule has 8 nitrogen and oxygen atoms in total. The van der Waals surface area contributed by atoms with E-state index in [9.17, 15) is 18.0 Å². The van der Waals surface area contributed by atoms with E-state index in [1.165, 1.54) is 10.7 Å². The Morgan fingerprint density at radius 2 is 1.43 bits per heavy atom. The van der Waals surface area contributed by atoms with Crippen LogP contribution in [0.4, 0.5) is 0 Å². The first kappa shape index (κ1) is 30.8. The second kappa shape index (κ2) is 13.8. The van der Waals surface area contributed by atoms with Crippen LogP contribution in [0, 0.1) is 6.92 Å². The maximum Gasteiger partial charge on any atom is 0.274 e. The number of nitrogens with zero attached hydrogens (tertiary/aromatic N) is 2. The molecule has 1 aromatic heterocycles. The second-order valence-corrected chi connectivity index (χ2v) is 12.5. The lowest BCUT2D eigenvalue weighted by Gasteiger charge is -2.13. The molecule has 1 amide bonds. The Balaban J connectivity index is 1.38. The van der Waals surface area contributed by atoms with E-state index in [4.69, 9.17) is 10.2 Å². The SMILES string of the molecule is Cc1ccc(-c2nn(Cc3ccc(-c4ccccc4S(=O)(=O)NC(=O)CCCCCCO)cc3)c(=O)c3ccccc23)cc1. The third-order valence-corrected chi connectivity index (χ3v) is 8.96. The second-order valence-electron chi connectivity index (χ2n) is 10.8. The molecule has 5 aromatic rings. The number of hydrogen-bond donors (Lipinski definition) is 2. The van der Waals surface area contributed by atoms with E-state index >= 15 is 0 Å². The van der Waals surface area contributed by atoms with Crippen LogP contribution in [-0.2, 0) is 21.4 Å². The summed E-state index contributed by atoms with van der Waals surface area (Å²) in [6.45, 7) is 2.36. The minimum atomic E-state index is -4.10. The topological polar surface area (TPSA) is 118 Å². The summed E-state index contributed by atoms with van der Waals surface area (Å²) in [6, 6.07) is 29.3. The highest BCUT2D eigenvalue weighted by Crippen LogP contribution is 2.28. The fraction of sp³-hybridized carbons (Fsp3) is 0.229. The van der Waals surface area contributed by atoms with Crippen LogP contribution in [0.25, 0.3) is 33.2 Å². The van der Waals surface area contributed by atoms with Gasteiger partial charge in [-0.3, -0.25) is 9.59 Å². The highest BCUT2D eigenvalue weighted by atomic mass is 32.2. The quantitative estimate of drug-likeness (QED) is 0.172. The van der Waals surface area contributed by atoms with Gasteiger partial charge in [-0.2, -0.15) is 5.10 Å². The van der Waals surface area contributed by atoms with Crippen LogP contribution >= 0.6 is 0 Å². The molecule has 0 bridgehead atoms. The minimum Gasteiger partial charge on any atom is -0.396 e. The van der Waals surface area contributed by atoms with Gasteiger partial charge in [-0.25, -0.2) is 17.8 Å². The molecule has 0 saturated heterocycles. The molecule has 0 aliphatic carbocycles. The van der Waals surface area contributed by atoms with Crippen molar-refractivity contribution in [1.29, 1.82) is 0 Å². The number of amides is 1. The third kappa shape index (κ3) is 7.12. The number of rotatable bonds is 12. The van der Waals surface area contributed by atoms with Crippen molar-refractivity contribution in [3.05, 3.63) is 119 Å². The number of aromatic nitrogens is 2. The van der Waals surface area contributed by atoms with E-state index in [1.54, 1.807) is 30.3 Å². The van der Waals surface area contributed by atoms with E-state index in [0.29, 0.717) is 29.4 Å². The minimum absolute atomic E-state index is 0.0107. The fourth-order valence-corrected chi connectivity index (χ4v) is 6.42. The van der Waals surface area contributed by atoms with E-state index in [2.05, 4.69) is 4.72 Å². The Hall–Kier alpha value is -4.60. The molecule has 226 valence electrons. The first-order valence-corrected chi connectivity index (χ1v) is 16.2. The molecular formula is C35H35N3O5S. The van der Waals surface area contributed by atoms with Crippen LogP contribution < -0.4 is 10.3 Å². The highest BCUT2D eigenvalue weighted by molar-refractivity contribution is 7.90. The van der Waals surface area contributed by atoms with Crippen LogP contribution in [0.2, 0.25) is 0 Å². The highest BCUT2D eigenvalue weighted by Gasteiger charge is 2.21. The van der Waals surface area contributed by atoms with Crippen molar-refractivity contribution in [2.24, 2.45) is 0 Å². The molecule has 0 unspecified atom stereocenters. The molecule has 9 heteroatoms. The van der Waals surface area contributed by atoms with Crippen molar-refractivity contribution >= 4 is 26.7 Å². The first-order valence-electron chi connectivity index (χ1n) is 14.7. The number of hydrogen-bond acceptors (Lipinski definition) is 6. The summed E-state index contributed by atoms with van der Waals surface area (Å²) >= 11 is 0. The number of carbonyl (C=O) groups excluding carboxylic acids is 1. The zero-order valence-electron chi connectivity index (χ0n) is 24.6. The van der Waals surface area contributed by atoms with Crippen molar-refractivity contribution in [3.63, 3.8) is 0 Å². The summed E-state index contributed by atoms with van der Waals surface area (Å²) in [6.07, 6.45) is 2.83. The summed E-state index contributed by atoms with van der Waals surface area (Å²) in [5.74, 6) is -0.558. The Bertz CT molecular complexity index is 1930. The maximum absolute atomic E-state index is 13.4. The van der Waals surface area contributed by atoms with Crippen molar-refractivity contribution in [2.45, 2.75) is 50.5 Å². The lowest BCUT2D eigenvalue weighted by molar-refractivity contribution is -0.119. The number of aryl methyl sites for hydroxylation is 1. The predicted octanol–water partition coefficient (Wildman–Crippen LogP) is 5.83. The summed E-state index contributed by atoms with van der Waals surface area (Å²) < 4.78 is 30.0. The average molecular weight is 610 g/mol. The van der Waals surface area contributed by atoms with E-state index in [1.807, 2.05) is 67.6 Å². The molecule has 0 aliphatic heterocycles. The zero-order chi connectivity index (χ0) is 31.1. The van der Waals surface area contributed by atoms with Gasteiger partial charge in [0.15, 0.2) is 0 Å². The molecule has 0 atom stereocenters. The summed E-state index contributed by atoms with van der Waals surface area (Å²) in [7, 11) is -4.10. The van der Waals surface area contributed by atoms with Gasteiger partial charge < -0.3 is 5.11 Å². The molecular weight excluding hydrogens is 574 g/mol. The van der Waals surface area contributed by atoms with Gasteiger partial charge in [0.2, 0.25) is 5.91 Å². The van der Waals surface area contributed by atoms with Gasteiger partial charge >= 0.3 is 0 Å². The molecule has 0 fully saturated rings. The average Bonchev–Trinajstić information content (AvgIpc) is 3.03. The molecule has 1 heterocycles. The van der Waals surface area contributed by atoms with Gasteiger partial charge in [-0.1, -0.05) is 103 Å². The van der Waals surface area contributed by atoms with E-state index < -0.39 is 15.9 Å². The number of sulfonamides is 1. The van der Waals surface area contributed by atoms with E-state index in [-0.39, 0.29) is 30.0 Å². The number of carbonyl (C=O) groups is 1. The maximum atomic E-state index is 13.4. The van der Waals surface area contributed by atoms with Crippen molar-refractivity contribution < 1.29 is 18.3 Å². The molecule has 0 radical (unpaired) electrons. The van der Waals surface area contributed by atoms with Gasteiger partial charge in [0.05, 0.1) is 22.5 Å². The third-order valence-electron chi connectivity index (χ3n) is 7.53. The van der Waals surface area contributed by atoms with Crippen molar-refractivity contribution in [2.75, 3.05) is 6.61 Å². The zero-order valence-corrected chi connectivity index (χ0v) is 25.4.